The van der Waals surface area contributed by atoms with Crippen LogP contribution in [0.4, 0.5) is 0 Å². The summed E-state index contributed by atoms with van der Waals surface area (Å²) in [4.78, 5) is 14.5. The fourth-order valence-corrected chi connectivity index (χ4v) is 4.04. The number of likely N-dealkylation sites (tertiary alicyclic amines) is 1. The molecule has 1 spiro atoms. The molecule has 0 saturated carbocycles. The topological polar surface area (TPSA) is 85.4 Å². The van der Waals surface area contributed by atoms with Gasteiger partial charge in [-0.3, -0.25) is 14.4 Å². The zero-order valence-corrected chi connectivity index (χ0v) is 16.2. The first-order valence-electron chi connectivity index (χ1n) is 9.49. The monoisotopic (exact) mass is 373 g/mol. The van der Waals surface area contributed by atoms with Crippen LogP contribution >= 0.6 is 0 Å². The number of carbonyl (C=O) groups excluding carboxylic acids is 1. The highest BCUT2D eigenvalue weighted by Crippen LogP contribution is 2.37. The van der Waals surface area contributed by atoms with Crippen molar-refractivity contribution in [2.45, 2.75) is 38.8 Å². The van der Waals surface area contributed by atoms with Crippen LogP contribution < -0.4 is 5.32 Å². The van der Waals surface area contributed by atoms with Gasteiger partial charge in [-0.05, 0) is 32.6 Å². The molecule has 0 bridgehead atoms. The lowest BCUT2D eigenvalue weighted by Gasteiger charge is -2.53. The van der Waals surface area contributed by atoms with Gasteiger partial charge in [-0.2, -0.15) is 5.10 Å². The number of amides is 1. The van der Waals surface area contributed by atoms with Gasteiger partial charge in [0.15, 0.2) is 0 Å². The molecule has 1 N–H and O–H groups in total. The van der Waals surface area contributed by atoms with Crippen molar-refractivity contribution in [1.29, 1.82) is 0 Å². The third kappa shape index (κ3) is 3.77. The Bertz CT molecular complexity index is 792. The number of hydrogen-bond donors (Lipinski definition) is 1. The number of aromatic nitrogens is 3. The van der Waals surface area contributed by atoms with Crippen molar-refractivity contribution in [2.24, 2.45) is 13.0 Å². The summed E-state index contributed by atoms with van der Waals surface area (Å²) >= 11 is 0. The van der Waals surface area contributed by atoms with Crippen LogP contribution in [-0.4, -0.2) is 57.6 Å². The van der Waals surface area contributed by atoms with Crippen molar-refractivity contribution in [1.82, 2.24) is 25.2 Å². The second-order valence-electron chi connectivity index (χ2n) is 7.96. The van der Waals surface area contributed by atoms with E-state index in [-0.39, 0.29) is 11.5 Å². The van der Waals surface area contributed by atoms with Crippen LogP contribution in [0, 0.1) is 19.8 Å². The number of aryl methyl sites for hydroxylation is 3. The second-order valence-corrected chi connectivity index (χ2v) is 7.96. The van der Waals surface area contributed by atoms with Crippen molar-refractivity contribution < 1.29 is 14.1 Å². The molecule has 1 atom stereocenters. The number of ether oxygens (including phenoxy) is 1. The zero-order chi connectivity index (χ0) is 19.0. The SMILES string of the molecule is Cc1noc(C)c1CN1CC2(CCC(CNC(=O)c3cnn(C)c3)CO2)C1. The van der Waals surface area contributed by atoms with Gasteiger partial charge in [-0.15, -0.1) is 0 Å². The van der Waals surface area contributed by atoms with Crippen molar-refractivity contribution >= 4 is 5.91 Å². The van der Waals surface area contributed by atoms with Crippen LogP contribution in [0.15, 0.2) is 16.9 Å². The van der Waals surface area contributed by atoms with E-state index >= 15 is 0 Å². The molecule has 2 saturated heterocycles. The summed E-state index contributed by atoms with van der Waals surface area (Å²) in [7, 11) is 1.80. The first-order chi connectivity index (χ1) is 12.9. The Hall–Kier alpha value is -2.19. The van der Waals surface area contributed by atoms with Gasteiger partial charge in [-0.25, -0.2) is 0 Å². The minimum Gasteiger partial charge on any atom is -0.372 e. The van der Waals surface area contributed by atoms with Gasteiger partial charge in [0.05, 0.1) is 29.7 Å². The highest BCUT2D eigenvalue weighted by molar-refractivity contribution is 5.93. The molecular weight excluding hydrogens is 346 g/mol. The molecule has 0 aromatic carbocycles. The van der Waals surface area contributed by atoms with Crippen LogP contribution in [-0.2, 0) is 18.3 Å². The van der Waals surface area contributed by atoms with Gasteiger partial charge in [-0.1, -0.05) is 5.16 Å². The summed E-state index contributed by atoms with van der Waals surface area (Å²) in [5.41, 5.74) is 2.75. The van der Waals surface area contributed by atoms with Crippen LogP contribution in [0.25, 0.3) is 0 Å². The Morgan fingerprint density at radius 1 is 1.41 bits per heavy atom. The molecule has 0 radical (unpaired) electrons. The highest BCUT2D eigenvalue weighted by atomic mass is 16.5. The largest absolute Gasteiger partial charge is 0.372 e. The highest BCUT2D eigenvalue weighted by Gasteiger charge is 2.46. The molecule has 27 heavy (non-hydrogen) atoms. The molecule has 0 aliphatic carbocycles. The molecular formula is C19H27N5O3. The van der Waals surface area contributed by atoms with Crippen molar-refractivity contribution in [3.63, 3.8) is 0 Å². The summed E-state index contributed by atoms with van der Waals surface area (Å²) < 4.78 is 13.1. The summed E-state index contributed by atoms with van der Waals surface area (Å²) in [6.45, 7) is 8.07. The third-order valence-electron chi connectivity index (χ3n) is 5.74. The van der Waals surface area contributed by atoms with Crippen LogP contribution in [0.2, 0.25) is 0 Å². The Morgan fingerprint density at radius 2 is 2.22 bits per heavy atom. The Morgan fingerprint density at radius 3 is 2.81 bits per heavy atom. The first-order valence-corrected chi connectivity index (χ1v) is 9.49. The Kier molecular flexibility index (Phi) is 4.77. The van der Waals surface area contributed by atoms with Gasteiger partial charge in [0.25, 0.3) is 5.91 Å². The summed E-state index contributed by atoms with van der Waals surface area (Å²) in [6.07, 6.45) is 5.43. The molecule has 2 aromatic heterocycles. The van der Waals surface area contributed by atoms with Crippen LogP contribution in [0.5, 0.6) is 0 Å². The van der Waals surface area contributed by atoms with Gasteiger partial charge in [0.2, 0.25) is 0 Å². The van der Waals surface area contributed by atoms with Gasteiger partial charge in [0, 0.05) is 45.0 Å². The molecule has 1 amide bonds. The summed E-state index contributed by atoms with van der Waals surface area (Å²) in [6, 6.07) is 0. The number of hydrogen-bond acceptors (Lipinski definition) is 6. The zero-order valence-electron chi connectivity index (χ0n) is 16.2. The lowest BCUT2D eigenvalue weighted by atomic mass is 9.82. The molecule has 146 valence electrons. The molecule has 2 fully saturated rings. The number of rotatable bonds is 5. The summed E-state index contributed by atoms with van der Waals surface area (Å²) in [5.74, 6) is 1.20. The van der Waals surface area contributed by atoms with Crippen LogP contribution in [0.3, 0.4) is 0 Å². The van der Waals surface area contributed by atoms with Gasteiger partial charge in [0.1, 0.15) is 5.76 Å². The lowest BCUT2D eigenvalue weighted by Crippen LogP contribution is -2.64. The van der Waals surface area contributed by atoms with E-state index in [4.69, 9.17) is 9.26 Å². The molecule has 4 rings (SSSR count). The van der Waals surface area contributed by atoms with E-state index in [1.54, 1.807) is 24.1 Å². The van der Waals surface area contributed by atoms with E-state index < -0.39 is 0 Å². The average Bonchev–Trinajstić information content (AvgIpc) is 3.20. The number of nitrogens with one attached hydrogen (secondary N) is 1. The normalized spacial score (nSPS) is 22.0. The van der Waals surface area contributed by atoms with Crippen molar-refractivity contribution in [3.05, 3.63) is 35.0 Å². The molecule has 8 heteroatoms. The predicted molar refractivity (Wildman–Crippen MR) is 98.2 cm³/mol. The number of nitrogens with zero attached hydrogens (tertiary/aromatic N) is 4. The van der Waals surface area contributed by atoms with Crippen molar-refractivity contribution in [2.75, 3.05) is 26.2 Å². The number of carbonyl (C=O) groups is 1. The lowest BCUT2D eigenvalue weighted by molar-refractivity contribution is -0.181. The first kappa shape index (κ1) is 18.2. The van der Waals surface area contributed by atoms with Crippen LogP contribution in [0.1, 0.15) is 40.2 Å². The maximum atomic E-state index is 12.1. The smallest absolute Gasteiger partial charge is 0.254 e. The third-order valence-corrected chi connectivity index (χ3v) is 5.74. The quantitative estimate of drug-likeness (QED) is 0.854. The van der Waals surface area contributed by atoms with E-state index in [2.05, 4.69) is 20.5 Å². The fraction of sp³-hybridized carbons (Fsp3) is 0.632. The molecule has 2 aliphatic heterocycles. The van der Waals surface area contributed by atoms with Crippen molar-refractivity contribution in [3.8, 4) is 0 Å². The molecule has 1 unspecified atom stereocenters. The fourth-order valence-electron chi connectivity index (χ4n) is 4.04. The molecule has 4 heterocycles. The van der Waals surface area contributed by atoms with E-state index in [0.29, 0.717) is 24.6 Å². The van der Waals surface area contributed by atoms with Gasteiger partial charge >= 0.3 is 0 Å². The molecule has 8 nitrogen and oxygen atoms in total. The van der Waals surface area contributed by atoms with E-state index in [1.807, 2.05) is 13.8 Å². The standard InChI is InChI=1S/C19H27N5O3/c1-13-17(14(2)27-22-13)9-24-11-19(12-24)5-4-15(10-26-19)6-20-18(25)16-7-21-23(3)8-16/h7-8,15H,4-6,9-12H2,1-3H3,(H,20,25). The molecule has 2 aromatic rings. The van der Waals surface area contributed by atoms with E-state index in [0.717, 1.165) is 43.9 Å². The van der Waals surface area contributed by atoms with Gasteiger partial charge < -0.3 is 14.6 Å². The van der Waals surface area contributed by atoms with E-state index in [9.17, 15) is 4.79 Å². The van der Waals surface area contributed by atoms with E-state index in [1.165, 1.54) is 5.56 Å². The maximum absolute atomic E-state index is 12.1. The average molecular weight is 373 g/mol. The minimum atomic E-state index is -0.0716. The Balaban J connectivity index is 1.20. The second kappa shape index (κ2) is 7.09. The maximum Gasteiger partial charge on any atom is 0.254 e. The molecule has 2 aliphatic rings. The Labute approximate surface area is 158 Å². The summed E-state index contributed by atoms with van der Waals surface area (Å²) in [5, 5.41) is 11.1. The predicted octanol–water partition coefficient (Wildman–Crippen LogP) is 1.44. The minimum absolute atomic E-state index is 0.0111.